The van der Waals surface area contributed by atoms with Crippen molar-refractivity contribution in [3.8, 4) is 0 Å². The molecule has 0 spiro atoms. The van der Waals surface area contributed by atoms with Crippen LogP contribution in [0.25, 0.3) is 0 Å². The fraction of sp³-hybridized carbons (Fsp3) is 0.182. The van der Waals surface area contributed by atoms with Gasteiger partial charge in [0.05, 0.1) is 16.8 Å². The molecule has 0 N–H and O–H groups in total. The fourth-order valence-corrected chi connectivity index (χ4v) is 2.00. The van der Waals surface area contributed by atoms with Crippen LogP contribution in [0.15, 0.2) is 52.7 Å². The molecule has 0 aromatic heterocycles. The zero-order valence-electron chi connectivity index (χ0n) is 6.91. The van der Waals surface area contributed by atoms with Gasteiger partial charge in [-0.3, -0.25) is 4.99 Å². The van der Waals surface area contributed by atoms with Crippen LogP contribution >= 0.6 is 0 Å². The normalized spacial score (nSPS) is 34.6. The summed E-state index contributed by atoms with van der Waals surface area (Å²) in [6.07, 6.45) is 12.7. The van der Waals surface area contributed by atoms with Crippen LogP contribution in [0.3, 0.4) is 0 Å². The summed E-state index contributed by atoms with van der Waals surface area (Å²) in [6, 6.07) is 0. The van der Waals surface area contributed by atoms with Crippen LogP contribution in [0.5, 0.6) is 0 Å². The summed E-state index contributed by atoms with van der Waals surface area (Å²) in [7, 11) is 0. The minimum atomic E-state index is 0.128. The van der Waals surface area contributed by atoms with E-state index < -0.39 is 0 Å². The maximum Gasteiger partial charge on any atom is 0.0768 e. The van der Waals surface area contributed by atoms with Crippen LogP contribution in [-0.4, -0.2) is 5.71 Å². The molecule has 0 bridgehead atoms. The molecule has 58 valence electrons. The van der Waals surface area contributed by atoms with Crippen molar-refractivity contribution >= 4 is 5.71 Å². The summed E-state index contributed by atoms with van der Waals surface area (Å²) in [5.41, 5.74) is 3.91. The van der Waals surface area contributed by atoms with Gasteiger partial charge in [-0.15, -0.1) is 0 Å². The van der Waals surface area contributed by atoms with Crippen LogP contribution in [0.2, 0.25) is 0 Å². The molecule has 1 nitrogen and oxygen atoms in total. The van der Waals surface area contributed by atoms with Crippen molar-refractivity contribution < 1.29 is 0 Å². The molecule has 3 rings (SSSR count). The number of allylic oxidation sites excluding steroid dienone is 7. The molecule has 2 aliphatic carbocycles. The molecular formula is C11H9N. The van der Waals surface area contributed by atoms with E-state index >= 15 is 0 Å². The van der Waals surface area contributed by atoms with Crippen LogP contribution in [0.4, 0.5) is 0 Å². The van der Waals surface area contributed by atoms with Gasteiger partial charge in [0.1, 0.15) is 0 Å². The van der Waals surface area contributed by atoms with E-state index in [2.05, 4.69) is 48.4 Å². The lowest BCUT2D eigenvalue weighted by Gasteiger charge is -2.35. The van der Waals surface area contributed by atoms with E-state index in [0.717, 1.165) is 0 Å². The molecule has 0 radical (unpaired) electrons. The number of hydrogen-bond donors (Lipinski definition) is 0. The molecule has 0 amide bonds. The van der Waals surface area contributed by atoms with Crippen LogP contribution in [-0.2, 0) is 0 Å². The first-order valence-corrected chi connectivity index (χ1v) is 4.19. The Morgan fingerprint density at radius 1 is 1.17 bits per heavy atom. The van der Waals surface area contributed by atoms with Crippen LogP contribution in [0.1, 0.15) is 6.92 Å². The lowest BCUT2D eigenvalue weighted by molar-refractivity contribution is 0.637. The topological polar surface area (TPSA) is 12.4 Å². The standard InChI is InChI=1S/C11H9N/c1-11-8-4-2-3-5-9(11)12-10(11)7-6-8/h2-7H,1H3. The van der Waals surface area contributed by atoms with Gasteiger partial charge in [0.15, 0.2) is 0 Å². The van der Waals surface area contributed by atoms with E-state index in [1.165, 1.54) is 17.0 Å². The third-order valence-electron chi connectivity index (χ3n) is 2.90. The fourth-order valence-electron chi connectivity index (χ4n) is 2.00. The molecule has 0 saturated heterocycles. The molecule has 3 aliphatic rings. The largest absolute Gasteiger partial charge is 0.255 e. The highest BCUT2D eigenvalue weighted by Gasteiger charge is 2.46. The van der Waals surface area contributed by atoms with Gasteiger partial charge in [0.25, 0.3) is 0 Å². The van der Waals surface area contributed by atoms with E-state index in [4.69, 9.17) is 0 Å². The van der Waals surface area contributed by atoms with Gasteiger partial charge in [-0.2, -0.15) is 0 Å². The van der Waals surface area contributed by atoms with E-state index in [9.17, 15) is 0 Å². The van der Waals surface area contributed by atoms with Crippen LogP contribution < -0.4 is 0 Å². The highest BCUT2D eigenvalue weighted by Crippen LogP contribution is 2.50. The molecule has 0 aromatic carbocycles. The van der Waals surface area contributed by atoms with Crippen LogP contribution in [0, 0.1) is 5.41 Å². The second kappa shape index (κ2) is 1.69. The molecule has 1 heterocycles. The van der Waals surface area contributed by atoms with Gasteiger partial charge in [-0.05, 0) is 24.6 Å². The van der Waals surface area contributed by atoms with Gasteiger partial charge in [-0.1, -0.05) is 24.3 Å². The quantitative estimate of drug-likeness (QED) is 0.509. The predicted octanol–water partition coefficient (Wildman–Crippen LogP) is 2.40. The Labute approximate surface area is 71.5 Å². The molecule has 1 heteroatoms. The van der Waals surface area contributed by atoms with Gasteiger partial charge >= 0.3 is 0 Å². The van der Waals surface area contributed by atoms with Crippen molar-refractivity contribution in [2.45, 2.75) is 6.92 Å². The minimum Gasteiger partial charge on any atom is -0.255 e. The highest BCUT2D eigenvalue weighted by molar-refractivity contribution is 6.13. The van der Waals surface area contributed by atoms with Crippen molar-refractivity contribution in [3.05, 3.63) is 47.7 Å². The summed E-state index contributed by atoms with van der Waals surface area (Å²) in [5, 5.41) is 0. The van der Waals surface area contributed by atoms with Crippen molar-refractivity contribution in [3.63, 3.8) is 0 Å². The summed E-state index contributed by atoms with van der Waals surface area (Å²) >= 11 is 0. The Kier molecular flexibility index (Phi) is 0.868. The van der Waals surface area contributed by atoms with E-state index in [1.807, 2.05) is 0 Å². The molecular weight excluding hydrogens is 146 g/mol. The Morgan fingerprint density at radius 3 is 2.92 bits per heavy atom. The number of nitrogens with zero attached hydrogens (tertiary/aromatic N) is 1. The average molecular weight is 155 g/mol. The first-order chi connectivity index (χ1) is 5.82. The zero-order valence-corrected chi connectivity index (χ0v) is 6.91. The number of aliphatic imine (C=N–C) groups is 1. The van der Waals surface area contributed by atoms with Gasteiger partial charge in [0, 0.05) is 0 Å². The molecule has 1 atom stereocenters. The lowest BCUT2D eigenvalue weighted by atomic mass is 9.74. The van der Waals surface area contributed by atoms with Gasteiger partial charge in [0.2, 0.25) is 0 Å². The molecule has 1 unspecified atom stereocenters. The molecule has 0 aromatic rings. The summed E-state index contributed by atoms with van der Waals surface area (Å²) < 4.78 is 0. The van der Waals surface area contributed by atoms with Gasteiger partial charge < -0.3 is 0 Å². The minimum absolute atomic E-state index is 0.128. The first-order valence-electron chi connectivity index (χ1n) is 4.19. The summed E-state index contributed by atoms with van der Waals surface area (Å²) in [6.45, 7) is 2.24. The monoisotopic (exact) mass is 155 g/mol. The zero-order chi connectivity index (χ0) is 8.18. The second-order valence-corrected chi connectivity index (χ2v) is 3.51. The van der Waals surface area contributed by atoms with E-state index in [1.54, 1.807) is 0 Å². The summed E-state index contributed by atoms with van der Waals surface area (Å²) in [4.78, 5) is 4.43. The van der Waals surface area contributed by atoms with Crippen molar-refractivity contribution in [1.29, 1.82) is 0 Å². The molecule has 0 saturated carbocycles. The SMILES string of the molecule is CC12C3=CC=CC=C1N=C2C=C3. The van der Waals surface area contributed by atoms with Crippen molar-refractivity contribution in [1.82, 2.24) is 0 Å². The highest BCUT2D eigenvalue weighted by atomic mass is 14.9. The van der Waals surface area contributed by atoms with Crippen molar-refractivity contribution in [2.24, 2.45) is 10.4 Å². The van der Waals surface area contributed by atoms with E-state index in [0.29, 0.717) is 0 Å². The third kappa shape index (κ3) is 0.472. The third-order valence-corrected chi connectivity index (χ3v) is 2.90. The Morgan fingerprint density at radius 2 is 2.00 bits per heavy atom. The maximum atomic E-state index is 4.43. The Balaban J connectivity index is 2.34. The van der Waals surface area contributed by atoms with Gasteiger partial charge in [-0.25, -0.2) is 0 Å². The predicted molar refractivity (Wildman–Crippen MR) is 50.0 cm³/mol. The summed E-state index contributed by atoms with van der Waals surface area (Å²) in [5.74, 6) is 0. The lowest BCUT2D eigenvalue weighted by Crippen LogP contribution is -2.34. The van der Waals surface area contributed by atoms with Crippen molar-refractivity contribution in [2.75, 3.05) is 0 Å². The Hall–Kier alpha value is -1.37. The molecule has 1 aliphatic heterocycles. The molecule has 0 fully saturated rings. The number of hydrogen-bond acceptors (Lipinski definition) is 1. The first kappa shape index (κ1) is 6.18. The second-order valence-electron chi connectivity index (χ2n) is 3.51. The smallest absolute Gasteiger partial charge is 0.0768 e. The Bertz CT molecular complexity index is 405. The van der Waals surface area contributed by atoms with E-state index in [-0.39, 0.29) is 5.41 Å². The molecule has 12 heavy (non-hydrogen) atoms. The average Bonchev–Trinajstić information content (AvgIpc) is 2.26. The maximum absolute atomic E-state index is 4.43. The number of rotatable bonds is 0.